The first-order valence-corrected chi connectivity index (χ1v) is 5.95. The van der Waals surface area contributed by atoms with Gasteiger partial charge >= 0.3 is 6.18 Å². The molecule has 0 unspecified atom stereocenters. The lowest BCUT2D eigenvalue weighted by Gasteiger charge is -2.06. The van der Waals surface area contributed by atoms with Crippen LogP contribution < -0.4 is 5.32 Å². The third-order valence-corrected chi connectivity index (χ3v) is 3.10. The van der Waals surface area contributed by atoms with Gasteiger partial charge in [-0.3, -0.25) is 9.78 Å². The summed E-state index contributed by atoms with van der Waals surface area (Å²) < 4.78 is 38.1. The molecular formula is C11H8F3N3OS. The monoisotopic (exact) mass is 287 g/mol. The molecule has 2 aromatic heterocycles. The molecular weight excluding hydrogens is 279 g/mol. The predicted octanol–water partition coefficient (Wildman–Crippen LogP) is 3.12. The van der Waals surface area contributed by atoms with E-state index in [1.165, 1.54) is 25.4 Å². The van der Waals surface area contributed by atoms with Crippen molar-refractivity contribution in [1.82, 2.24) is 9.97 Å². The van der Waals surface area contributed by atoms with Crippen LogP contribution in [0.1, 0.15) is 20.4 Å². The highest BCUT2D eigenvalue weighted by atomic mass is 32.1. The summed E-state index contributed by atoms with van der Waals surface area (Å²) >= 11 is 0.705. The second-order valence-corrected chi connectivity index (χ2v) is 4.81. The Bertz CT molecular complexity index is 595. The first-order valence-electron chi connectivity index (χ1n) is 5.14. The Balaban J connectivity index is 2.30. The van der Waals surface area contributed by atoms with Crippen molar-refractivity contribution in [3.8, 4) is 0 Å². The third kappa shape index (κ3) is 3.08. The van der Waals surface area contributed by atoms with Gasteiger partial charge in [-0.1, -0.05) is 0 Å². The van der Waals surface area contributed by atoms with Gasteiger partial charge in [0.25, 0.3) is 5.91 Å². The van der Waals surface area contributed by atoms with Gasteiger partial charge in [0.05, 0.1) is 16.9 Å². The minimum atomic E-state index is -4.65. The summed E-state index contributed by atoms with van der Waals surface area (Å²) in [5.74, 6) is -0.842. The van der Waals surface area contributed by atoms with E-state index in [1.54, 1.807) is 6.07 Å². The van der Waals surface area contributed by atoms with Crippen molar-refractivity contribution in [2.75, 3.05) is 5.32 Å². The highest BCUT2D eigenvalue weighted by Gasteiger charge is 2.39. The van der Waals surface area contributed by atoms with Crippen molar-refractivity contribution >= 4 is 22.9 Å². The SMILES string of the molecule is Cc1nc(C(F)(F)F)c(C(=O)Nc2cccnc2)s1. The van der Waals surface area contributed by atoms with Gasteiger partial charge in [-0.25, -0.2) is 4.98 Å². The lowest BCUT2D eigenvalue weighted by atomic mass is 10.3. The van der Waals surface area contributed by atoms with Crippen molar-refractivity contribution in [3.63, 3.8) is 0 Å². The van der Waals surface area contributed by atoms with E-state index in [-0.39, 0.29) is 5.01 Å². The van der Waals surface area contributed by atoms with Crippen LogP contribution in [0.5, 0.6) is 0 Å². The van der Waals surface area contributed by atoms with Crippen LogP contribution in [0.4, 0.5) is 18.9 Å². The molecule has 0 saturated heterocycles. The summed E-state index contributed by atoms with van der Waals surface area (Å²) in [4.78, 5) is 18.5. The number of alkyl halides is 3. The largest absolute Gasteiger partial charge is 0.435 e. The molecule has 100 valence electrons. The molecule has 19 heavy (non-hydrogen) atoms. The predicted molar refractivity (Wildman–Crippen MR) is 64.0 cm³/mol. The van der Waals surface area contributed by atoms with Crippen LogP contribution in [0.3, 0.4) is 0 Å². The number of rotatable bonds is 2. The molecule has 2 aromatic rings. The van der Waals surface area contributed by atoms with E-state index in [0.29, 0.717) is 17.0 Å². The van der Waals surface area contributed by atoms with Gasteiger partial charge in [0.15, 0.2) is 5.69 Å². The normalized spacial score (nSPS) is 11.4. The van der Waals surface area contributed by atoms with Crippen LogP contribution in [0.2, 0.25) is 0 Å². The highest BCUT2D eigenvalue weighted by molar-refractivity contribution is 7.13. The summed E-state index contributed by atoms with van der Waals surface area (Å²) in [5, 5.41) is 2.54. The second kappa shape index (κ2) is 4.96. The van der Waals surface area contributed by atoms with Gasteiger partial charge in [0.1, 0.15) is 4.88 Å². The minimum absolute atomic E-state index is 0.184. The molecule has 0 aromatic carbocycles. The second-order valence-electron chi connectivity index (χ2n) is 3.60. The third-order valence-electron chi connectivity index (χ3n) is 2.13. The maximum atomic E-state index is 12.7. The molecule has 8 heteroatoms. The van der Waals surface area contributed by atoms with Gasteiger partial charge < -0.3 is 5.32 Å². The van der Waals surface area contributed by atoms with Gasteiger partial charge in [-0.2, -0.15) is 13.2 Å². The number of aryl methyl sites for hydroxylation is 1. The number of aromatic nitrogens is 2. The average Bonchev–Trinajstić information content (AvgIpc) is 2.72. The summed E-state index contributed by atoms with van der Waals surface area (Å²) in [6, 6.07) is 3.10. The Morgan fingerprint density at radius 1 is 1.42 bits per heavy atom. The van der Waals surface area contributed by atoms with Crippen molar-refractivity contribution in [2.24, 2.45) is 0 Å². The molecule has 0 bridgehead atoms. The number of hydrogen-bond donors (Lipinski definition) is 1. The maximum absolute atomic E-state index is 12.7. The summed E-state index contributed by atoms with van der Waals surface area (Å²) in [5.41, 5.74) is -0.830. The van der Waals surface area contributed by atoms with E-state index in [1.807, 2.05) is 0 Å². The van der Waals surface area contributed by atoms with Crippen LogP contribution in [0.25, 0.3) is 0 Å². The standard InChI is InChI=1S/C11H8F3N3OS/c1-6-16-9(11(12,13)14)8(19-6)10(18)17-7-3-2-4-15-5-7/h2-5H,1H3,(H,17,18). The Morgan fingerprint density at radius 2 is 2.16 bits per heavy atom. The zero-order valence-electron chi connectivity index (χ0n) is 9.65. The first-order chi connectivity index (χ1) is 8.88. The molecule has 0 aliphatic rings. The van der Waals surface area contributed by atoms with Crippen LogP contribution in [-0.2, 0) is 6.18 Å². The molecule has 0 atom stereocenters. The van der Waals surface area contributed by atoms with Crippen LogP contribution in [0.15, 0.2) is 24.5 Å². The van der Waals surface area contributed by atoms with Crippen molar-refractivity contribution in [1.29, 1.82) is 0 Å². The van der Waals surface area contributed by atoms with E-state index in [4.69, 9.17) is 0 Å². The Morgan fingerprint density at radius 3 is 2.74 bits per heavy atom. The molecule has 0 aliphatic heterocycles. The minimum Gasteiger partial charge on any atom is -0.320 e. The van der Waals surface area contributed by atoms with Crippen LogP contribution in [-0.4, -0.2) is 15.9 Å². The zero-order valence-corrected chi connectivity index (χ0v) is 10.5. The number of thiazole rings is 1. The molecule has 2 heterocycles. The number of carbonyl (C=O) groups is 1. The molecule has 1 N–H and O–H groups in total. The van der Waals surface area contributed by atoms with Crippen molar-refractivity contribution in [2.45, 2.75) is 13.1 Å². The summed E-state index contributed by atoms with van der Waals surface area (Å²) in [7, 11) is 0. The Hall–Kier alpha value is -1.96. The number of pyridine rings is 1. The fraction of sp³-hybridized carbons (Fsp3) is 0.182. The molecule has 0 fully saturated rings. The summed E-state index contributed by atoms with van der Waals surface area (Å²) in [6.45, 7) is 1.42. The van der Waals surface area contributed by atoms with Crippen molar-refractivity contribution in [3.05, 3.63) is 40.1 Å². The van der Waals surface area contributed by atoms with Gasteiger partial charge in [0, 0.05) is 6.20 Å². The molecule has 4 nitrogen and oxygen atoms in total. The molecule has 0 aliphatic carbocycles. The van der Waals surface area contributed by atoms with E-state index in [0.717, 1.165) is 0 Å². The smallest absolute Gasteiger partial charge is 0.320 e. The first kappa shape index (κ1) is 13.5. The lowest BCUT2D eigenvalue weighted by Crippen LogP contribution is -2.17. The van der Waals surface area contributed by atoms with E-state index < -0.39 is 22.7 Å². The van der Waals surface area contributed by atoms with Crippen molar-refractivity contribution < 1.29 is 18.0 Å². The van der Waals surface area contributed by atoms with Crippen LogP contribution >= 0.6 is 11.3 Å². The number of halogens is 3. The number of amides is 1. The Kier molecular flexibility index (Phi) is 3.52. The average molecular weight is 287 g/mol. The molecule has 0 saturated carbocycles. The number of nitrogens with one attached hydrogen (secondary N) is 1. The van der Waals surface area contributed by atoms with E-state index >= 15 is 0 Å². The summed E-state index contributed by atoms with van der Waals surface area (Å²) in [6.07, 6.45) is -1.81. The van der Waals surface area contributed by atoms with Gasteiger partial charge in [0.2, 0.25) is 0 Å². The molecule has 0 spiro atoms. The fourth-order valence-electron chi connectivity index (χ4n) is 1.40. The maximum Gasteiger partial charge on any atom is 0.435 e. The number of anilines is 1. The van der Waals surface area contributed by atoms with E-state index in [9.17, 15) is 18.0 Å². The Labute approximate surface area is 110 Å². The fourth-order valence-corrected chi connectivity index (χ4v) is 2.23. The molecule has 2 rings (SSSR count). The zero-order chi connectivity index (χ0) is 14.0. The highest BCUT2D eigenvalue weighted by Crippen LogP contribution is 2.34. The van der Waals surface area contributed by atoms with Gasteiger partial charge in [-0.15, -0.1) is 11.3 Å². The molecule has 0 radical (unpaired) electrons. The number of hydrogen-bond acceptors (Lipinski definition) is 4. The van der Waals surface area contributed by atoms with Gasteiger partial charge in [-0.05, 0) is 19.1 Å². The number of nitrogens with zero attached hydrogens (tertiary/aromatic N) is 2. The lowest BCUT2D eigenvalue weighted by molar-refractivity contribution is -0.141. The van der Waals surface area contributed by atoms with Crippen LogP contribution in [0, 0.1) is 6.92 Å². The quantitative estimate of drug-likeness (QED) is 0.923. The molecule has 1 amide bonds. The van der Waals surface area contributed by atoms with E-state index in [2.05, 4.69) is 15.3 Å². The topological polar surface area (TPSA) is 54.9 Å². The number of carbonyl (C=O) groups excluding carboxylic acids is 1.